The number of sulfonamides is 1. The molecule has 2 aromatic heterocycles. The first-order valence-electron chi connectivity index (χ1n) is 7.82. The molecule has 2 aromatic rings. The lowest BCUT2D eigenvalue weighted by Gasteiger charge is -2.30. The second-order valence-electron chi connectivity index (χ2n) is 6.20. The Hall–Kier alpha value is -1.73. The first-order valence-corrected chi connectivity index (χ1v) is 9.67. The molecule has 6 nitrogen and oxygen atoms in total. The van der Waals surface area contributed by atoms with E-state index in [4.69, 9.17) is 0 Å². The van der Waals surface area contributed by atoms with E-state index in [0.29, 0.717) is 19.0 Å². The Morgan fingerprint density at radius 2 is 1.96 bits per heavy atom. The van der Waals surface area contributed by atoms with Crippen LogP contribution in [0, 0.1) is 5.92 Å². The molecule has 0 atom stereocenters. The molecule has 3 rings (SSSR count). The average molecular weight is 334 g/mol. The summed E-state index contributed by atoms with van der Waals surface area (Å²) in [7, 11) is -1.14. The molecule has 0 unspecified atom stereocenters. The summed E-state index contributed by atoms with van der Waals surface area (Å²) in [6.07, 6.45) is 7.75. The number of pyridine rings is 1. The quantitative estimate of drug-likeness (QED) is 0.853. The zero-order valence-electron chi connectivity index (χ0n) is 13.5. The predicted octanol–water partition coefficient (Wildman–Crippen LogP) is 1.70. The summed E-state index contributed by atoms with van der Waals surface area (Å²) < 4.78 is 26.5. The molecule has 0 aliphatic carbocycles. The summed E-state index contributed by atoms with van der Waals surface area (Å²) in [6, 6.07) is 6.08. The van der Waals surface area contributed by atoms with Gasteiger partial charge in [0.1, 0.15) is 0 Å². The van der Waals surface area contributed by atoms with E-state index in [0.717, 1.165) is 30.7 Å². The standard InChI is InChI=1S/C16H22N4O2S/c1-19-16(5-8-18-19)15-4-3-14(12-17-15)11-13-6-9-20(10-7-13)23(2,21)22/h3-5,8,12-13H,6-7,9-11H2,1-2H3. The molecular formula is C16H22N4O2S. The number of hydrogen-bond acceptors (Lipinski definition) is 4. The summed E-state index contributed by atoms with van der Waals surface area (Å²) >= 11 is 0. The van der Waals surface area contributed by atoms with Crippen LogP contribution >= 0.6 is 0 Å². The van der Waals surface area contributed by atoms with Crippen molar-refractivity contribution in [1.29, 1.82) is 0 Å². The van der Waals surface area contributed by atoms with E-state index < -0.39 is 10.0 Å². The Labute approximate surface area is 137 Å². The van der Waals surface area contributed by atoms with Gasteiger partial charge in [0.15, 0.2) is 0 Å². The van der Waals surface area contributed by atoms with Crippen molar-refractivity contribution in [3.8, 4) is 11.4 Å². The normalized spacial score (nSPS) is 17.5. The van der Waals surface area contributed by atoms with Crippen LogP contribution in [0.25, 0.3) is 11.4 Å². The molecule has 0 saturated carbocycles. The Morgan fingerprint density at radius 1 is 1.22 bits per heavy atom. The molecular weight excluding hydrogens is 312 g/mol. The second kappa shape index (κ2) is 6.41. The fourth-order valence-corrected chi connectivity index (χ4v) is 3.97. The van der Waals surface area contributed by atoms with Gasteiger partial charge in [0.05, 0.1) is 17.6 Å². The van der Waals surface area contributed by atoms with E-state index in [1.807, 2.05) is 30.1 Å². The Bertz CT molecular complexity index is 760. The van der Waals surface area contributed by atoms with Gasteiger partial charge in [0, 0.05) is 32.5 Å². The lowest BCUT2D eigenvalue weighted by molar-refractivity contribution is 0.274. The summed E-state index contributed by atoms with van der Waals surface area (Å²) in [5.41, 5.74) is 3.12. The topological polar surface area (TPSA) is 68.1 Å². The van der Waals surface area contributed by atoms with Gasteiger partial charge in [0.2, 0.25) is 10.0 Å². The Morgan fingerprint density at radius 3 is 2.48 bits per heavy atom. The lowest BCUT2D eigenvalue weighted by Crippen LogP contribution is -2.38. The highest BCUT2D eigenvalue weighted by atomic mass is 32.2. The van der Waals surface area contributed by atoms with Crippen LogP contribution < -0.4 is 0 Å². The third-order valence-electron chi connectivity index (χ3n) is 4.47. The minimum Gasteiger partial charge on any atom is -0.266 e. The van der Waals surface area contributed by atoms with E-state index in [1.54, 1.807) is 10.5 Å². The minimum atomic E-state index is -3.04. The summed E-state index contributed by atoms with van der Waals surface area (Å²) in [6.45, 7) is 1.26. The van der Waals surface area contributed by atoms with E-state index in [2.05, 4.69) is 16.1 Å². The van der Waals surface area contributed by atoms with Gasteiger partial charge in [-0.05, 0) is 42.9 Å². The zero-order valence-corrected chi connectivity index (χ0v) is 14.3. The van der Waals surface area contributed by atoms with Gasteiger partial charge >= 0.3 is 0 Å². The van der Waals surface area contributed by atoms with Gasteiger partial charge in [-0.1, -0.05) is 6.07 Å². The molecule has 7 heteroatoms. The maximum absolute atomic E-state index is 11.5. The molecule has 0 N–H and O–H groups in total. The molecule has 3 heterocycles. The molecule has 1 fully saturated rings. The maximum atomic E-state index is 11.5. The van der Waals surface area contributed by atoms with Crippen molar-refractivity contribution in [2.24, 2.45) is 13.0 Å². The SMILES string of the molecule is Cn1nccc1-c1ccc(CC2CCN(S(C)(=O)=O)CC2)cn1. The smallest absolute Gasteiger partial charge is 0.211 e. The van der Waals surface area contributed by atoms with Crippen LogP contribution in [0.1, 0.15) is 18.4 Å². The molecule has 1 saturated heterocycles. The predicted molar refractivity (Wildman–Crippen MR) is 89.3 cm³/mol. The van der Waals surface area contributed by atoms with Gasteiger partial charge in [-0.25, -0.2) is 12.7 Å². The van der Waals surface area contributed by atoms with Crippen molar-refractivity contribution in [1.82, 2.24) is 19.1 Å². The lowest BCUT2D eigenvalue weighted by atomic mass is 9.91. The third-order valence-corrected chi connectivity index (χ3v) is 5.78. The van der Waals surface area contributed by atoms with Crippen LogP contribution in [-0.4, -0.2) is 46.8 Å². The van der Waals surface area contributed by atoms with Gasteiger partial charge in [0.25, 0.3) is 0 Å². The van der Waals surface area contributed by atoms with Crippen LogP contribution in [0.15, 0.2) is 30.6 Å². The number of hydrogen-bond donors (Lipinski definition) is 0. The van der Waals surface area contributed by atoms with Crippen LogP contribution in [-0.2, 0) is 23.5 Å². The van der Waals surface area contributed by atoms with Gasteiger partial charge in [-0.2, -0.15) is 5.10 Å². The van der Waals surface area contributed by atoms with E-state index in [9.17, 15) is 8.42 Å². The zero-order chi connectivity index (χ0) is 16.4. The highest BCUT2D eigenvalue weighted by molar-refractivity contribution is 7.88. The Balaban J connectivity index is 1.61. The van der Waals surface area contributed by atoms with Gasteiger partial charge < -0.3 is 0 Å². The summed E-state index contributed by atoms with van der Waals surface area (Å²) in [5, 5.41) is 4.16. The van der Waals surface area contributed by atoms with E-state index in [1.165, 1.54) is 11.8 Å². The molecule has 0 radical (unpaired) electrons. The molecule has 124 valence electrons. The summed E-state index contributed by atoms with van der Waals surface area (Å²) in [4.78, 5) is 4.53. The van der Waals surface area contributed by atoms with Crippen molar-refractivity contribution in [2.45, 2.75) is 19.3 Å². The minimum absolute atomic E-state index is 0.525. The molecule has 0 aromatic carbocycles. The van der Waals surface area contributed by atoms with E-state index in [-0.39, 0.29) is 0 Å². The molecule has 1 aliphatic heterocycles. The van der Waals surface area contributed by atoms with Gasteiger partial charge in [-0.15, -0.1) is 0 Å². The number of nitrogens with zero attached hydrogens (tertiary/aromatic N) is 4. The largest absolute Gasteiger partial charge is 0.266 e. The number of rotatable bonds is 4. The Kier molecular flexibility index (Phi) is 4.50. The highest BCUT2D eigenvalue weighted by Gasteiger charge is 2.24. The van der Waals surface area contributed by atoms with E-state index >= 15 is 0 Å². The van der Waals surface area contributed by atoms with Crippen LogP contribution in [0.2, 0.25) is 0 Å². The molecule has 0 bridgehead atoms. The number of aryl methyl sites for hydroxylation is 1. The van der Waals surface area contributed by atoms with Crippen molar-refractivity contribution < 1.29 is 8.42 Å². The number of piperidine rings is 1. The van der Waals surface area contributed by atoms with Crippen molar-refractivity contribution >= 4 is 10.0 Å². The monoisotopic (exact) mass is 334 g/mol. The van der Waals surface area contributed by atoms with Crippen LogP contribution in [0.5, 0.6) is 0 Å². The first kappa shape index (κ1) is 16.1. The molecule has 23 heavy (non-hydrogen) atoms. The fraction of sp³-hybridized carbons (Fsp3) is 0.500. The molecule has 0 spiro atoms. The molecule has 1 aliphatic rings. The second-order valence-corrected chi connectivity index (χ2v) is 8.18. The van der Waals surface area contributed by atoms with Crippen molar-refractivity contribution in [3.05, 3.63) is 36.2 Å². The van der Waals surface area contributed by atoms with Crippen molar-refractivity contribution in [2.75, 3.05) is 19.3 Å². The summed E-state index contributed by atoms with van der Waals surface area (Å²) in [5.74, 6) is 0.525. The highest BCUT2D eigenvalue weighted by Crippen LogP contribution is 2.23. The third kappa shape index (κ3) is 3.79. The number of aromatic nitrogens is 3. The van der Waals surface area contributed by atoms with Gasteiger partial charge in [-0.3, -0.25) is 9.67 Å². The maximum Gasteiger partial charge on any atom is 0.211 e. The fourth-order valence-electron chi connectivity index (χ4n) is 3.10. The van der Waals surface area contributed by atoms with Crippen LogP contribution in [0.3, 0.4) is 0 Å². The molecule has 0 amide bonds. The first-order chi connectivity index (χ1) is 10.9. The van der Waals surface area contributed by atoms with Crippen molar-refractivity contribution in [3.63, 3.8) is 0 Å². The average Bonchev–Trinajstić information content (AvgIpc) is 2.94. The van der Waals surface area contributed by atoms with Crippen LogP contribution in [0.4, 0.5) is 0 Å².